The van der Waals surface area contributed by atoms with Crippen molar-refractivity contribution in [1.29, 1.82) is 0 Å². The molecule has 0 aliphatic rings. The number of ether oxygens (including phenoxy) is 1. The number of carbonyl (C=O) groups is 1. The van der Waals surface area contributed by atoms with Gasteiger partial charge in [-0.1, -0.05) is 5.16 Å². The molecule has 0 aromatic carbocycles. The van der Waals surface area contributed by atoms with Gasteiger partial charge in [-0.15, -0.1) is 11.3 Å². The van der Waals surface area contributed by atoms with Gasteiger partial charge in [-0.05, 0) is 19.4 Å². The number of aromatic carboxylic acids is 1. The van der Waals surface area contributed by atoms with E-state index in [1.807, 2.05) is 0 Å². The fraction of sp³-hybridized carbons (Fsp3) is 0.231. The third-order valence-corrected chi connectivity index (χ3v) is 4.24. The first kappa shape index (κ1) is 13.5. The van der Waals surface area contributed by atoms with E-state index in [-0.39, 0.29) is 4.88 Å². The topological polar surface area (TPSA) is 98.3 Å². The fourth-order valence-corrected chi connectivity index (χ4v) is 3.02. The van der Waals surface area contributed by atoms with Gasteiger partial charge < -0.3 is 14.4 Å². The van der Waals surface area contributed by atoms with Gasteiger partial charge in [0, 0.05) is 6.92 Å². The highest BCUT2D eigenvalue weighted by molar-refractivity contribution is 7.20. The van der Waals surface area contributed by atoms with E-state index < -0.39 is 5.97 Å². The van der Waals surface area contributed by atoms with Crippen LogP contribution in [0.4, 0.5) is 0 Å². The number of hydrogen-bond donors (Lipinski definition) is 1. The van der Waals surface area contributed by atoms with Crippen molar-refractivity contribution in [2.45, 2.75) is 20.8 Å². The minimum atomic E-state index is -0.987. The quantitative estimate of drug-likeness (QED) is 0.793. The predicted octanol–water partition coefficient (Wildman–Crippen LogP) is 3.10. The molecular weight excluding hydrogens is 294 g/mol. The van der Waals surface area contributed by atoms with Gasteiger partial charge in [0.25, 0.3) is 0 Å². The van der Waals surface area contributed by atoms with Crippen molar-refractivity contribution < 1.29 is 19.2 Å². The summed E-state index contributed by atoms with van der Waals surface area (Å²) in [6, 6.07) is 0. The molecule has 0 unspecified atom stereocenters. The van der Waals surface area contributed by atoms with E-state index in [2.05, 4.69) is 15.1 Å². The van der Waals surface area contributed by atoms with Gasteiger partial charge in [0.05, 0.1) is 5.39 Å². The van der Waals surface area contributed by atoms with Crippen molar-refractivity contribution in [2.75, 3.05) is 0 Å². The average molecular weight is 305 g/mol. The molecule has 0 bridgehead atoms. The number of carboxylic acids is 1. The molecule has 21 heavy (non-hydrogen) atoms. The zero-order valence-corrected chi connectivity index (χ0v) is 12.3. The number of aryl methyl sites for hydroxylation is 3. The third kappa shape index (κ3) is 2.13. The molecule has 0 amide bonds. The van der Waals surface area contributed by atoms with Crippen LogP contribution in [0.5, 0.6) is 11.6 Å². The van der Waals surface area contributed by atoms with E-state index in [4.69, 9.17) is 9.26 Å². The molecule has 3 heterocycles. The summed E-state index contributed by atoms with van der Waals surface area (Å²) in [6.07, 6.45) is 1.34. The van der Waals surface area contributed by atoms with E-state index in [1.165, 1.54) is 6.33 Å². The van der Waals surface area contributed by atoms with Gasteiger partial charge in [-0.2, -0.15) is 0 Å². The van der Waals surface area contributed by atoms with Crippen LogP contribution >= 0.6 is 11.3 Å². The lowest BCUT2D eigenvalue weighted by molar-refractivity contribution is 0.0701. The van der Waals surface area contributed by atoms with E-state index >= 15 is 0 Å². The van der Waals surface area contributed by atoms with Crippen molar-refractivity contribution in [1.82, 2.24) is 15.1 Å². The normalized spacial score (nSPS) is 11.0. The van der Waals surface area contributed by atoms with Crippen molar-refractivity contribution in [3.8, 4) is 11.6 Å². The number of carboxylic acid groups (broad SMARTS) is 1. The first-order valence-corrected chi connectivity index (χ1v) is 6.88. The maximum Gasteiger partial charge on any atom is 0.346 e. The lowest BCUT2D eigenvalue weighted by Gasteiger charge is -2.05. The Morgan fingerprint density at radius 1 is 1.33 bits per heavy atom. The molecule has 0 aliphatic heterocycles. The molecule has 3 aromatic heterocycles. The van der Waals surface area contributed by atoms with Crippen LogP contribution in [0.1, 0.15) is 26.7 Å². The lowest BCUT2D eigenvalue weighted by atomic mass is 10.2. The predicted molar refractivity (Wildman–Crippen MR) is 75.2 cm³/mol. The number of aromatic nitrogens is 3. The van der Waals surface area contributed by atoms with E-state index in [1.54, 1.807) is 20.8 Å². The Bertz CT molecular complexity index is 833. The van der Waals surface area contributed by atoms with Crippen LogP contribution < -0.4 is 4.74 Å². The molecule has 0 saturated heterocycles. The van der Waals surface area contributed by atoms with Crippen LogP contribution in [0.3, 0.4) is 0 Å². The molecule has 8 heteroatoms. The molecule has 1 N–H and O–H groups in total. The summed E-state index contributed by atoms with van der Waals surface area (Å²) < 4.78 is 10.8. The maximum absolute atomic E-state index is 11.2. The highest BCUT2D eigenvalue weighted by Crippen LogP contribution is 2.37. The minimum Gasteiger partial charge on any atom is -0.477 e. The smallest absolute Gasteiger partial charge is 0.346 e. The Hall–Kier alpha value is -2.48. The number of thiophene rings is 1. The molecule has 3 aromatic rings. The van der Waals surface area contributed by atoms with E-state index in [0.29, 0.717) is 38.9 Å². The fourth-order valence-electron chi connectivity index (χ4n) is 2.04. The van der Waals surface area contributed by atoms with Gasteiger partial charge in [0.15, 0.2) is 11.5 Å². The summed E-state index contributed by atoms with van der Waals surface area (Å²) in [4.78, 5) is 20.2. The second-order valence-corrected chi connectivity index (χ2v) is 5.47. The van der Waals surface area contributed by atoms with Gasteiger partial charge in [0.2, 0.25) is 5.88 Å². The second kappa shape index (κ2) is 4.81. The van der Waals surface area contributed by atoms with Crippen LogP contribution in [-0.2, 0) is 0 Å². The molecule has 7 nitrogen and oxygen atoms in total. The standard InChI is InChI=1S/C13H11N3O4S/c1-5-8-11(19-9-6(2)16-20-7(9)3)14-4-15-12(8)21-10(5)13(17)18/h4H,1-3H3,(H,17,18). The highest BCUT2D eigenvalue weighted by atomic mass is 32.1. The zero-order valence-electron chi connectivity index (χ0n) is 11.5. The summed E-state index contributed by atoms with van der Waals surface area (Å²) in [7, 11) is 0. The lowest BCUT2D eigenvalue weighted by Crippen LogP contribution is -1.95. The Morgan fingerprint density at radius 3 is 2.71 bits per heavy atom. The molecule has 0 atom stereocenters. The van der Waals surface area contributed by atoms with Crippen LogP contribution in [0.2, 0.25) is 0 Å². The molecule has 0 radical (unpaired) electrons. The maximum atomic E-state index is 11.2. The van der Waals surface area contributed by atoms with Gasteiger partial charge in [-0.3, -0.25) is 0 Å². The van der Waals surface area contributed by atoms with E-state index in [9.17, 15) is 9.90 Å². The number of hydrogen-bond acceptors (Lipinski definition) is 7. The summed E-state index contributed by atoms with van der Waals surface area (Å²) >= 11 is 1.10. The summed E-state index contributed by atoms with van der Waals surface area (Å²) in [5.41, 5.74) is 1.19. The summed E-state index contributed by atoms with van der Waals surface area (Å²) in [5, 5.41) is 13.6. The first-order chi connectivity index (χ1) is 9.99. The molecule has 0 spiro atoms. The first-order valence-electron chi connectivity index (χ1n) is 6.07. The number of nitrogens with zero attached hydrogens (tertiary/aromatic N) is 3. The Labute approximate surface area is 123 Å². The Balaban J connectivity index is 2.17. The van der Waals surface area contributed by atoms with Crippen molar-refractivity contribution >= 4 is 27.5 Å². The molecule has 0 fully saturated rings. The molecule has 108 valence electrons. The Kier molecular flexibility index (Phi) is 3.09. The van der Waals surface area contributed by atoms with E-state index in [0.717, 1.165) is 11.3 Å². The Morgan fingerprint density at radius 2 is 2.10 bits per heavy atom. The molecular formula is C13H11N3O4S. The van der Waals surface area contributed by atoms with Gasteiger partial charge >= 0.3 is 5.97 Å². The van der Waals surface area contributed by atoms with Crippen LogP contribution in [-0.4, -0.2) is 26.2 Å². The third-order valence-electron chi connectivity index (χ3n) is 3.05. The summed E-state index contributed by atoms with van der Waals surface area (Å²) in [5.74, 6) is 0.331. The van der Waals surface area contributed by atoms with Crippen LogP contribution in [0.15, 0.2) is 10.9 Å². The highest BCUT2D eigenvalue weighted by Gasteiger charge is 2.21. The molecule has 0 saturated carbocycles. The molecule has 3 rings (SSSR count). The SMILES string of the molecule is Cc1noc(C)c1Oc1ncnc2sc(C(=O)O)c(C)c12. The van der Waals surface area contributed by atoms with Crippen molar-refractivity contribution in [2.24, 2.45) is 0 Å². The van der Waals surface area contributed by atoms with Gasteiger partial charge in [0.1, 0.15) is 21.7 Å². The zero-order chi connectivity index (χ0) is 15.1. The largest absolute Gasteiger partial charge is 0.477 e. The van der Waals surface area contributed by atoms with Crippen molar-refractivity contribution in [3.05, 3.63) is 28.2 Å². The molecule has 0 aliphatic carbocycles. The monoisotopic (exact) mass is 305 g/mol. The van der Waals surface area contributed by atoms with Gasteiger partial charge in [-0.25, -0.2) is 14.8 Å². The average Bonchev–Trinajstić information content (AvgIpc) is 2.94. The number of rotatable bonds is 3. The minimum absolute atomic E-state index is 0.231. The second-order valence-electron chi connectivity index (χ2n) is 4.48. The number of fused-ring (bicyclic) bond motifs is 1. The van der Waals surface area contributed by atoms with Crippen LogP contribution in [0.25, 0.3) is 10.2 Å². The van der Waals surface area contributed by atoms with Crippen molar-refractivity contribution in [3.63, 3.8) is 0 Å². The summed E-state index contributed by atoms with van der Waals surface area (Å²) in [6.45, 7) is 5.20. The van der Waals surface area contributed by atoms with Crippen LogP contribution in [0, 0.1) is 20.8 Å².